The van der Waals surface area contributed by atoms with E-state index in [0.717, 1.165) is 35.8 Å². The standard InChI is InChI=1S/C20H26N10O8S2/c21-19-25-12(9-39-19)14(28-38-20(1-2-20)18(33)34)16(31)26-15-13(30(17(15)32)40(35,36)37)8-29-24-7-11(27-29)6-23-5-10-3-22-4-10/h7,9-10,13,15,22-23H,1-6,8H2,(H2,21,25)(H,26,31)(H,33,34)(H,35,36,37). The Morgan fingerprint density at radius 1 is 1.35 bits per heavy atom. The van der Waals surface area contributed by atoms with Gasteiger partial charge in [0, 0.05) is 44.4 Å². The second kappa shape index (κ2) is 10.7. The van der Waals surface area contributed by atoms with E-state index in [2.05, 4.69) is 36.3 Å². The summed E-state index contributed by atoms with van der Waals surface area (Å²) in [6.45, 7) is 2.79. The quantitative estimate of drug-likeness (QED) is 0.0588. The summed E-state index contributed by atoms with van der Waals surface area (Å²) in [5, 5.41) is 31.7. The van der Waals surface area contributed by atoms with Gasteiger partial charge in [0.25, 0.3) is 11.8 Å². The molecule has 5 rings (SSSR count). The molecule has 2 aromatic heterocycles. The van der Waals surface area contributed by atoms with E-state index in [4.69, 9.17) is 10.6 Å². The van der Waals surface area contributed by atoms with E-state index in [1.807, 2.05) is 0 Å². The second-order valence-corrected chi connectivity index (χ2v) is 11.8. The van der Waals surface area contributed by atoms with Crippen LogP contribution >= 0.6 is 11.3 Å². The molecule has 2 saturated heterocycles. The number of carbonyl (C=O) groups is 3. The van der Waals surface area contributed by atoms with Crippen molar-refractivity contribution >= 4 is 50.3 Å². The van der Waals surface area contributed by atoms with Crippen LogP contribution in [0, 0.1) is 5.92 Å². The van der Waals surface area contributed by atoms with Gasteiger partial charge < -0.3 is 31.6 Å². The zero-order valence-corrected chi connectivity index (χ0v) is 22.4. The maximum absolute atomic E-state index is 13.2. The molecule has 2 amide bonds. The fourth-order valence-electron chi connectivity index (χ4n) is 4.11. The van der Waals surface area contributed by atoms with Crippen molar-refractivity contribution in [1.82, 2.24) is 40.2 Å². The number of nitrogen functional groups attached to an aromatic ring is 1. The van der Waals surface area contributed by atoms with E-state index in [1.165, 1.54) is 11.6 Å². The van der Waals surface area contributed by atoms with Crippen LogP contribution in [0.3, 0.4) is 0 Å². The van der Waals surface area contributed by atoms with E-state index < -0.39 is 51.5 Å². The van der Waals surface area contributed by atoms with Crippen LogP contribution < -0.4 is 21.7 Å². The monoisotopic (exact) mass is 598 g/mol. The molecule has 0 radical (unpaired) electrons. The van der Waals surface area contributed by atoms with Gasteiger partial charge in [0.2, 0.25) is 5.60 Å². The number of aliphatic carboxylic acids is 1. The minimum absolute atomic E-state index is 0.0419. The van der Waals surface area contributed by atoms with Crippen molar-refractivity contribution in [2.75, 3.05) is 25.4 Å². The molecule has 40 heavy (non-hydrogen) atoms. The first-order chi connectivity index (χ1) is 19.0. The number of aromatic nitrogens is 4. The number of nitrogens with two attached hydrogens (primary N) is 1. The molecule has 4 heterocycles. The van der Waals surface area contributed by atoms with Crippen molar-refractivity contribution in [2.45, 2.75) is 43.6 Å². The lowest BCUT2D eigenvalue weighted by Gasteiger charge is -2.43. The highest BCUT2D eigenvalue weighted by Gasteiger charge is 2.56. The van der Waals surface area contributed by atoms with Crippen LogP contribution in [0.25, 0.3) is 0 Å². The lowest BCUT2D eigenvalue weighted by atomic mass is 9.98. The van der Waals surface area contributed by atoms with Gasteiger partial charge in [0.1, 0.15) is 17.8 Å². The zero-order chi connectivity index (χ0) is 28.7. The third-order valence-electron chi connectivity index (χ3n) is 6.63. The first-order valence-electron chi connectivity index (χ1n) is 12.1. The third-order valence-corrected chi connectivity index (χ3v) is 8.25. The molecule has 1 saturated carbocycles. The van der Waals surface area contributed by atoms with Crippen molar-refractivity contribution in [1.29, 1.82) is 0 Å². The van der Waals surface area contributed by atoms with E-state index in [0.29, 0.717) is 18.2 Å². The van der Waals surface area contributed by atoms with E-state index in [-0.39, 0.29) is 34.5 Å². The molecule has 3 fully saturated rings. The molecule has 3 aliphatic rings. The molecule has 20 heteroatoms. The number of carbonyl (C=O) groups excluding carboxylic acids is 2. The molecule has 2 unspecified atom stereocenters. The molecular weight excluding hydrogens is 572 g/mol. The fourth-order valence-corrected chi connectivity index (χ4v) is 5.53. The Morgan fingerprint density at radius 2 is 2.10 bits per heavy atom. The van der Waals surface area contributed by atoms with Crippen LogP contribution in [-0.2, 0) is 42.6 Å². The largest absolute Gasteiger partial charge is 0.478 e. The minimum Gasteiger partial charge on any atom is -0.478 e. The SMILES string of the molecule is Nc1nc(C(=NOC2(C(=O)O)CC2)C(=O)NC2C(=O)N(S(=O)(=O)O)C2Cn2ncc(CNCC3CNC3)n2)cs1. The van der Waals surface area contributed by atoms with Gasteiger partial charge in [-0.3, -0.25) is 14.1 Å². The highest BCUT2D eigenvalue weighted by atomic mass is 32.2. The lowest BCUT2D eigenvalue weighted by Crippen LogP contribution is -2.73. The topological polar surface area (TPSA) is 256 Å². The second-order valence-electron chi connectivity index (χ2n) is 9.58. The molecule has 7 N–H and O–H groups in total. The molecule has 1 aliphatic carbocycles. The van der Waals surface area contributed by atoms with Gasteiger partial charge in [-0.2, -0.15) is 23.4 Å². The summed E-state index contributed by atoms with van der Waals surface area (Å²) in [5.41, 5.74) is 4.14. The first-order valence-corrected chi connectivity index (χ1v) is 14.4. The van der Waals surface area contributed by atoms with Gasteiger partial charge in [0.05, 0.1) is 18.4 Å². The summed E-state index contributed by atoms with van der Waals surface area (Å²) in [5.74, 6) is -2.84. The summed E-state index contributed by atoms with van der Waals surface area (Å²) in [7, 11) is -4.97. The summed E-state index contributed by atoms with van der Waals surface area (Å²) in [4.78, 5) is 47.6. The van der Waals surface area contributed by atoms with E-state index in [1.54, 1.807) is 0 Å². The average Bonchev–Trinajstić information content (AvgIpc) is 3.32. The maximum atomic E-state index is 13.2. The van der Waals surface area contributed by atoms with Crippen LogP contribution in [0.5, 0.6) is 0 Å². The molecule has 216 valence electrons. The molecular formula is C20H26N10O8S2. The number of β-lactam (4-membered cyclic amide) rings is 1. The Morgan fingerprint density at radius 3 is 2.67 bits per heavy atom. The van der Waals surface area contributed by atoms with Crippen LogP contribution in [0.15, 0.2) is 16.7 Å². The number of thiazole rings is 1. The number of hydrogen-bond donors (Lipinski definition) is 6. The molecule has 0 bridgehead atoms. The number of carboxylic acid groups (broad SMARTS) is 1. The number of nitrogens with one attached hydrogen (secondary N) is 3. The Labute approximate surface area is 230 Å². The van der Waals surface area contributed by atoms with E-state index >= 15 is 0 Å². The number of anilines is 1. The highest BCUT2D eigenvalue weighted by Crippen LogP contribution is 2.40. The van der Waals surface area contributed by atoms with Gasteiger partial charge in [-0.15, -0.1) is 11.3 Å². The predicted octanol–water partition coefficient (Wildman–Crippen LogP) is -2.84. The smallest absolute Gasteiger partial charge is 0.362 e. The van der Waals surface area contributed by atoms with E-state index in [9.17, 15) is 32.5 Å². The van der Waals surface area contributed by atoms with Crippen molar-refractivity contribution in [2.24, 2.45) is 11.1 Å². The van der Waals surface area contributed by atoms with Crippen LogP contribution in [0.4, 0.5) is 5.13 Å². The third kappa shape index (κ3) is 5.75. The van der Waals surface area contributed by atoms with Crippen molar-refractivity contribution < 1.29 is 37.3 Å². The fraction of sp³-hybridized carbons (Fsp3) is 0.550. The van der Waals surface area contributed by atoms with Gasteiger partial charge in [-0.1, -0.05) is 5.16 Å². The van der Waals surface area contributed by atoms with Gasteiger partial charge in [0.15, 0.2) is 10.8 Å². The molecule has 0 spiro atoms. The highest BCUT2D eigenvalue weighted by molar-refractivity contribution is 7.84. The molecule has 2 aromatic rings. The average molecular weight is 599 g/mol. The predicted molar refractivity (Wildman–Crippen MR) is 136 cm³/mol. The summed E-state index contributed by atoms with van der Waals surface area (Å²) < 4.78 is 33.6. The number of rotatable bonds is 13. The molecule has 0 aromatic carbocycles. The number of amides is 2. The number of hydrogen-bond acceptors (Lipinski definition) is 14. The Balaban J connectivity index is 1.30. The van der Waals surface area contributed by atoms with Crippen molar-refractivity contribution in [3.05, 3.63) is 23.0 Å². The maximum Gasteiger partial charge on any atom is 0.362 e. The van der Waals surface area contributed by atoms with Crippen molar-refractivity contribution in [3.8, 4) is 0 Å². The van der Waals surface area contributed by atoms with Gasteiger partial charge >= 0.3 is 16.3 Å². The molecule has 18 nitrogen and oxygen atoms in total. The Bertz CT molecular complexity index is 1450. The molecule has 2 atom stereocenters. The minimum atomic E-state index is -4.97. The Hall–Kier alpha value is -3.72. The normalized spacial score (nSPS) is 22.4. The Kier molecular flexibility index (Phi) is 7.44. The number of carboxylic acids is 1. The van der Waals surface area contributed by atoms with Gasteiger partial charge in [-0.25, -0.2) is 14.1 Å². The van der Waals surface area contributed by atoms with Crippen LogP contribution in [0.2, 0.25) is 0 Å². The number of nitrogens with zero attached hydrogens (tertiary/aromatic N) is 6. The van der Waals surface area contributed by atoms with Crippen molar-refractivity contribution in [3.63, 3.8) is 0 Å². The van der Waals surface area contributed by atoms with Gasteiger partial charge in [-0.05, 0) is 5.92 Å². The first kappa shape index (κ1) is 27.8. The van der Waals surface area contributed by atoms with Crippen LogP contribution in [0.1, 0.15) is 24.2 Å². The lowest BCUT2D eigenvalue weighted by molar-refractivity contribution is -0.153. The molecule has 2 aliphatic heterocycles. The summed E-state index contributed by atoms with van der Waals surface area (Å²) in [6.07, 6.45) is 1.83. The van der Waals surface area contributed by atoms with Crippen LogP contribution in [-0.4, -0.2) is 103 Å². The zero-order valence-electron chi connectivity index (χ0n) is 20.8. The summed E-state index contributed by atoms with van der Waals surface area (Å²) in [6, 6.07) is -2.71. The summed E-state index contributed by atoms with van der Waals surface area (Å²) >= 11 is 0.983. The number of oxime groups is 1.